The molecule has 3 rings (SSSR count). The zero-order valence-corrected chi connectivity index (χ0v) is 9.96. The number of fused-ring (bicyclic) bond motifs is 1. The molecular weight excluding hydrogens is 218 g/mol. The van der Waals surface area contributed by atoms with Gasteiger partial charge in [-0.1, -0.05) is 18.2 Å². The van der Waals surface area contributed by atoms with Crippen molar-refractivity contribution in [2.45, 2.75) is 19.4 Å². The lowest BCUT2D eigenvalue weighted by Gasteiger charge is -2.38. The molecular formula is C13H13NOS. The molecule has 1 amide bonds. The molecule has 0 spiro atoms. The van der Waals surface area contributed by atoms with Gasteiger partial charge in [-0.25, -0.2) is 0 Å². The average Bonchev–Trinajstić information content (AvgIpc) is 2.70. The molecule has 16 heavy (non-hydrogen) atoms. The molecule has 1 saturated heterocycles. The van der Waals surface area contributed by atoms with Crippen LogP contribution < -0.4 is 0 Å². The Morgan fingerprint density at radius 2 is 2.25 bits per heavy atom. The van der Waals surface area contributed by atoms with Crippen molar-refractivity contribution >= 4 is 27.3 Å². The standard InChI is InChI=1S/C13H13NOS/c1-9-6-7-14(9)13(15)11-8-16-12-5-3-2-4-10(11)12/h2-5,8-9H,6-7H2,1H3. The summed E-state index contributed by atoms with van der Waals surface area (Å²) in [6, 6.07) is 8.51. The molecule has 1 fully saturated rings. The predicted octanol–water partition coefficient (Wildman–Crippen LogP) is 3.14. The van der Waals surface area contributed by atoms with Crippen molar-refractivity contribution in [3.63, 3.8) is 0 Å². The maximum absolute atomic E-state index is 12.2. The van der Waals surface area contributed by atoms with Crippen LogP contribution in [0.15, 0.2) is 29.6 Å². The Morgan fingerprint density at radius 3 is 2.94 bits per heavy atom. The second-order valence-electron chi connectivity index (χ2n) is 4.28. The minimum atomic E-state index is 0.191. The zero-order chi connectivity index (χ0) is 11.1. The fraction of sp³-hybridized carbons (Fsp3) is 0.308. The molecule has 2 aromatic rings. The highest BCUT2D eigenvalue weighted by Crippen LogP contribution is 2.29. The van der Waals surface area contributed by atoms with Crippen molar-refractivity contribution in [1.29, 1.82) is 0 Å². The van der Waals surface area contributed by atoms with E-state index in [9.17, 15) is 4.79 Å². The third-order valence-electron chi connectivity index (χ3n) is 3.29. The molecule has 0 N–H and O–H groups in total. The van der Waals surface area contributed by atoms with Crippen molar-refractivity contribution in [3.05, 3.63) is 35.2 Å². The van der Waals surface area contributed by atoms with Gasteiger partial charge in [-0.15, -0.1) is 11.3 Å². The van der Waals surface area contributed by atoms with Crippen LogP contribution in [0.5, 0.6) is 0 Å². The third kappa shape index (κ3) is 1.35. The van der Waals surface area contributed by atoms with Crippen molar-refractivity contribution < 1.29 is 4.79 Å². The molecule has 3 heteroatoms. The highest BCUT2D eigenvalue weighted by molar-refractivity contribution is 7.17. The van der Waals surface area contributed by atoms with Gasteiger partial charge in [-0.05, 0) is 19.4 Å². The van der Waals surface area contributed by atoms with Gasteiger partial charge in [0.05, 0.1) is 5.56 Å². The van der Waals surface area contributed by atoms with Crippen LogP contribution in [0.4, 0.5) is 0 Å². The lowest BCUT2D eigenvalue weighted by Crippen LogP contribution is -2.49. The Hall–Kier alpha value is -1.35. The van der Waals surface area contributed by atoms with Crippen LogP contribution >= 0.6 is 11.3 Å². The minimum Gasteiger partial charge on any atom is -0.336 e. The van der Waals surface area contributed by atoms with E-state index in [1.54, 1.807) is 11.3 Å². The lowest BCUT2D eigenvalue weighted by molar-refractivity contribution is 0.0505. The van der Waals surface area contributed by atoms with Gasteiger partial charge in [-0.2, -0.15) is 0 Å². The van der Waals surface area contributed by atoms with E-state index in [1.807, 2.05) is 28.5 Å². The first-order chi connectivity index (χ1) is 7.77. The lowest BCUT2D eigenvalue weighted by atomic mass is 10.0. The van der Waals surface area contributed by atoms with Crippen molar-refractivity contribution in [2.75, 3.05) is 6.54 Å². The van der Waals surface area contributed by atoms with Crippen LogP contribution in [0.3, 0.4) is 0 Å². The molecule has 0 aliphatic carbocycles. The largest absolute Gasteiger partial charge is 0.336 e. The van der Waals surface area contributed by atoms with E-state index in [2.05, 4.69) is 13.0 Å². The van der Waals surface area contributed by atoms with Gasteiger partial charge in [0, 0.05) is 28.1 Å². The van der Waals surface area contributed by atoms with Crippen LogP contribution in [0, 0.1) is 0 Å². The molecule has 0 bridgehead atoms. The molecule has 2 heterocycles. The summed E-state index contributed by atoms with van der Waals surface area (Å²) in [6.45, 7) is 3.01. The molecule has 1 unspecified atom stereocenters. The van der Waals surface area contributed by atoms with Crippen LogP contribution in [0.2, 0.25) is 0 Å². The molecule has 1 aliphatic heterocycles. The van der Waals surface area contributed by atoms with Gasteiger partial charge in [0.25, 0.3) is 5.91 Å². The predicted molar refractivity (Wildman–Crippen MR) is 66.9 cm³/mol. The fourth-order valence-corrected chi connectivity index (χ4v) is 3.05. The smallest absolute Gasteiger partial charge is 0.255 e. The molecule has 0 saturated carbocycles. The molecule has 1 atom stereocenters. The number of carbonyl (C=O) groups is 1. The third-order valence-corrected chi connectivity index (χ3v) is 4.26. The maximum Gasteiger partial charge on any atom is 0.255 e. The van der Waals surface area contributed by atoms with Crippen LogP contribution in [0.25, 0.3) is 10.1 Å². The monoisotopic (exact) mass is 231 g/mol. The van der Waals surface area contributed by atoms with E-state index in [1.165, 1.54) is 4.70 Å². The summed E-state index contributed by atoms with van der Waals surface area (Å²) in [5.74, 6) is 0.191. The summed E-state index contributed by atoms with van der Waals surface area (Å²) in [7, 11) is 0. The normalized spacial score (nSPS) is 19.8. The average molecular weight is 231 g/mol. The van der Waals surface area contributed by atoms with Crippen molar-refractivity contribution in [1.82, 2.24) is 4.90 Å². The van der Waals surface area contributed by atoms with E-state index in [4.69, 9.17) is 0 Å². The summed E-state index contributed by atoms with van der Waals surface area (Å²) >= 11 is 1.65. The van der Waals surface area contributed by atoms with Gasteiger partial charge >= 0.3 is 0 Å². The summed E-state index contributed by atoms with van der Waals surface area (Å²) in [6.07, 6.45) is 1.13. The van der Waals surface area contributed by atoms with Gasteiger partial charge in [0.2, 0.25) is 0 Å². The Balaban J connectivity index is 2.02. The van der Waals surface area contributed by atoms with Crippen molar-refractivity contribution in [2.24, 2.45) is 0 Å². The van der Waals surface area contributed by atoms with Gasteiger partial charge in [0.15, 0.2) is 0 Å². The number of hydrogen-bond acceptors (Lipinski definition) is 2. The Bertz CT molecular complexity index is 546. The van der Waals surface area contributed by atoms with Crippen LogP contribution in [-0.4, -0.2) is 23.4 Å². The van der Waals surface area contributed by atoms with Crippen molar-refractivity contribution in [3.8, 4) is 0 Å². The second-order valence-corrected chi connectivity index (χ2v) is 5.19. The molecule has 82 valence electrons. The molecule has 2 nitrogen and oxygen atoms in total. The molecule has 1 aromatic heterocycles. The summed E-state index contributed by atoms with van der Waals surface area (Å²) in [5, 5.41) is 3.08. The number of carbonyl (C=O) groups excluding carboxylic acids is 1. The molecule has 1 aromatic carbocycles. The first kappa shape index (κ1) is 9.85. The summed E-state index contributed by atoms with van der Waals surface area (Å²) < 4.78 is 1.19. The van der Waals surface area contributed by atoms with E-state index in [0.717, 1.165) is 23.9 Å². The van der Waals surface area contributed by atoms with Gasteiger partial charge in [-0.3, -0.25) is 4.79 Å². The van der Waals surface area contributed by atoms with Crippen LogP contribution in [-0.2, 0) is 0 Å². The Kier molecular flexibility index (Phi) is 2.21. The van der Waals surface area contributed by atoms with Gasteiger partial charge < -0.3 is 4.90 Å². The number of benzene rings is 1. The zero-order valence-electron chi connectivity index (χ0n) is 9.14. The first-order valence-electron chi connectivity index (χ1n) is 5.54. The second kappa shape index (κ2) is 3.59. The summed E-state index contributed by atoms with van der Waals surface area (Å²) in [4.78, 5) is 14.2. The number of thiophene rings is 1. The van der Waals surface area contributed by atoms with E-state index in [0.29, 0.717) is 6.04 Å². The number of rotatable bonds is 1. The number of hydrogen-bond donors (Lipinski definition) is 0. The highest BCUT2D eigenvalue weighted by Gasteiger charge is 2.30. The fourth-order valence-electron chi connectivity index (χ4n) is 2.12. The Morgan fingerprint density at radius 1 is 1.44 bits per heavy atom. The van der Waals surface area contributed by atoms with E-state index >= 15 is 0 Å². The minimum absolute atomic E-state index is 0.191. The van der Waals surface area contributed by atoms with E-state index < -0.39 is 0 Å². The SMILES string of the molecule is CC1CCN1C(=O)c1csc2ccccc12. The van der Waals surface area contributed by atoms with E-state index in [-0.39, 0.29) is 5.91 Å². The number of nitrogens with zero attached hydrogens (tertiary/aromatic N) is 1. The Labute approximate surface area is 98.5 Å². The number of amides is 1. The topological polar surface area (TPSA) is 20.3 Å². The van der Waals surface area contributed by atoms with Crippen LogP contribution in [0.1, 0.15) is 23.7 Å². The quantitative estimate of drug-likeness (QED) is 0.738. The molecule has 0 radical (unpaired) electrons. The van der Waals surface area contributed by atoms with Gasteiger partial charge in [0.1, 0.15) is 0 Å². The maximum atomic E-state index is 12.2. The number of likely N-dealkylation sites (tertiary alicyclic amines) is 1. The molecule has 1 aliphatic rings. The highest BCUT2D eigenvalue weighted by atomic mass is 32.1. The first-order valence-corrected chi connectivity index (χ1v) is 6.42. The summed E-state index contributed by atoms with van der Waals surface area (Å²) in [5.41, 5.74) is 0.868.